The lowest BCUT2D eigenvalue weighted by Crippen LogP contribution is -2.28. The Balaban J connectivity index is 2.10. The second-order valence-electron chi connectivity index (χ2n) is 5.45. The van der Waals surface area contributed by atoms with Crippen LogP contribution in [0, 0.1) is 0 Å². The molecular weight excluding hydrogens is 310 g/mol. The Labute approximate surface area is 136 Å². The minimum Gasteiger partial charge on any atom is -0.344 e. The zero-order valence-corrected chi connectivity index (χ0v) is 14.2. The first-order valence-corrected chi connectivity index (χ1v) is 9.01. The van der Waals surface area contributed by atoms with E-state index in [0.29, 0.717) is 5.69 Å². The standard InChI is InChI=1S/C17H19N3O2S/c1-4-23(21,22)20(3)15-9-14(11-18-12-15)17-10-13-7-5-6-8-16(13)19(17)2/h5-12H,4H2,1-3H3. The lowest BCUT2D eigenvalue weighted by Gasteiger charge is -2.18. The van der Waals surface area contributed by atoms with Gasteiger partial charge in [0.05, 0.1) is 23.3 Å². The molecule has 0 amide bonds. The number of fused-ring (bicyclic) bond motifs is 1. The van der Waals surface area contributed by atoms with Crippen LogP contribution >= 0.6 is 0 Å². The Hall–Kier alpha value is -2.34. The molecule has 0 atom stereocenters. The van der Waals surface area contributed by atoms with Crippen LogP contribution in [0.15, 0.2) is 48.8 Å². The maximum atomic E-state index is 12.0. The van der Waals surface area contributed by atoms with E-state index >= 15 is 0 Å². The van der Waals surface area contributed by atoms with Gasteiger partial charge in [-0.3, -0.25) is 9.29 Å². The van der Waals surface area contributed by atoms with Crippen molar-refractivity contribution in [1.82, 2.24) is 9.55 Å². The third-order valence-electron chi connectivity index (χ3n) is 4.12. The first-order chi connectivity index (χ1) is 10.9. The second kappa shape index (κ2) is 5.70. The van der Waals surface area contributed by atoms with Gasteiger partial charge in [-0.1, -0.05) is 18.2 Å². The summed E-state index contributed by atoms with van der Waals surface area (Å²) in [5.41, 5.74) is 3.58. The van der Waals surface area contributed by atoms with Gasteiger partial charge < -0.3 is 4.57 Å². The summed E-state index contributed by atoms with van der Waals surface area (Å²) >= 11 is 0. The van der Waals surface area contributed by atoms with Crippen molar-refractivity contribution in [3.05, 3.63) is 48.8 Å². The van der Waals surface area contributed by atoms with Gasteiger partial charge in [0.2, 0.25) is 10.0 Å². The van der Waals surface area contributed by atoms with E-state index in [1.54, 1.807) is 26.4 Å². The fourth-order valence-corrected chi connectivity index (χ4v) is 3.47. The Kier molecular flexibility index (Phi) is 3.85. The van der Waals surface area contributed by atoms with Crippen LogP contribution in [0.2, 0.25) is 0 Å². The molecule has 3 rings (SSSR count). The van der Waals surface area contributed by atoms with Crippen LogP contribution in [0.5, 0.6) is 0 Å². The molecule has 1 aromatic carbocycles. The number of sulfonamides is 1. The van der Waals surface area contributed by atoms with Gasteiger partial charge in [-0.25, -0.2) is 8.42 Å². The Morgan fingerprint density at radius 3 is 2.61 bits per heavy atom. The summed E-state index contributed by atoms with van der Waals surface area (Å²) in [5.74, 6) is 0.0573. The van der Waals surface area contributed by atoms with Crippen LogP contribution in [0.3, 0.4) is 0 Å². The summed E-state index contributed by atoms with van der Waals surface area (Å²) in [4.78, 5) is 4.22. The maximum absolute atomic E-state index is 12.0. The van der Waals surface area contributed by atoms with Crippen LogP contribution in [0.4, 0.5) is 5.69 Å². The average molecular weight is 329 g/mol. The van der Waals surface area contributed by atoms with E-state index in [1.165, 1.54) is 4.31 Å². The highest BCUT2D eigenvalue weighted by Crippen LogP contribution is 2.29. The van der Waals surface area contributed by atoms with Gasteiger partial charge in [0.25, 0.3) is 0 Å². The number of nitrogens with zero attached hydrogens (tertiary/aromatic N) is 3. The van der Waals surface area contributed by atoms with Crippen LogP contribution in [-0.2, 0) is 17.1 Å². The molecule has 2 heterocycles. The Bertz CT molecular complexity index is 961. The predicted molar refractivity (Wildman–Crippen MR) is 94.0 cm³/mol. The number of anilines is 1. The van der Waals surface area contributed by atoms with E-state index in [4.69, 9.17) is 0 Å². The highest BCUT2D eigenvalue weighted by molar-refractivity contribution is 7.92. The smallest absolute Gasteiger partial charge is 0.234 e. The van der Waals surface area contributed by atoms with Crippen molar-refractivity contribution in [3.8, 4) is 11.3 Å². The normalized spacial score (nSPS) is 11.8. The Morgan fingerprint density at radius 1 is 1.17 bits per heavy atom. The minimum absolute atomic E-state index is 0.0573. The molecule has 0 saturated carbocycles. The molecular formula is C17H19N3O2S. The summed E-state index contributed by atoms with van der Waals surface area (Å²) in [6.07, 6.45) is 3.32. The van der Waals surface area contributed by atoms with Crippen molar-refractivity contribution in [2.45, 2.75) is 6.92 Å². The van der Waals surface area contributed by atoms with Gasteiger partial charge in [0.15, 0.2) is 0 Å². The molecule has 0 spiro atoms. The molecule has 0 saturated heterocycles. The summed E-state index contributed by atoms with van der Waals surface area (Å²) in [5, 5.41) is 1.14. The largest absolute Gasteiger partial charge is 0.344 e. The number of hydrogen-bond acceptors (Lipinski definition) is 3. The Morgan fingerprint density at radius 2 is 1.91 bits per heavy atom. The maximum Gasteiger partial charge on any atom is 0.234 e. The van der Waals surface area contributed by atoms with Crippen LogP contribution in [-0.4, -0.2) is 30.8 Å². The van der Waals surface area contributed by atoms with E-state index in [9.17, 15) is 8.42 Å². The summed E-state index contributed by atoms with van der Waals surface area (Å²) in [6.45, 7) is 1.63. The van der Waals surface area contributed by atoms with Crippen LogP contribution < -0.4 is 4.31 Å². The molecule has 0 radical (unpaired) electrons. The number of para-hydroxylation sites is 1. The highest BCUT2D eigenvalue weighted by Gasteiger charge is 2.17. The van der Waals surface area contributed by atoms with Crippen molar-refractivity contribution in [1.29, 1.82) is 0 Å². The molecule has 2 aromatic heterocycles. The lowest BCUT2D eigenvalue weighted by atomic mass is 10.2. The van der Waals surface area contributed by atoms with E-state index in [1.807, 2.05) is 25.2 Å². The molecule has 0 aliphatic heterocycles. The number of benzene rings is 1. The molecule has 6 heteroatoms. The minimum atomic E-state index is -3.30. The van der Waals surface area contributed by atoms with Gasteiger partial charge in [0, 0.05) is 36.8 Å². The van der Waals surface area contributed by atoms with Gasteiger partial charge in [-0.05, 0) is 25.1 Å². The SMILES string of the molecule is CCS(=O)(=O)N(C)c1cncc(-c2cc3ccccc3n2C)c1. The summed E-state index contributed by atoms with van der Waals surface area (Å²) in [6, 6.07) is 12.1. The van der Waals surface area contributed by atoms with Crippen molar-refractivity contribution in [2.75, 3.05) is 17.1 Å². The molecule has 120 valence electrons. The number of hydrogen-bond donors (Lipinski definition) is 0. The topological polar surface area (TPSA) is 55.2 Å². The molecule has 23 heavy (non-hydrogen) atoms. The first kappa shape index (κ1) is 15.6. The van der Waals surface area contributed by atoms with Crippen LogP contribution in [0.1, 0.15) is 6.92 Å². The van der Waals surface area contributed by atoms with Gasteiger partial charge in [-0.2, -0.15) is 0 Å². The number of pyridine rings is 1. The van der Waals surface area contributed by atoms with E-state index in [0.717, 1.165) is 22.2 Å². The zero-order valence-electron chi connectivity index (χ0n) is 13.4. The molecule has 0 N–H and O–H groups in total. The van der Waals surface area contributed by atoms with Gasteiger partial charge >= 0.3 is 0 Å². The van der Waals surface area contributed by atoms with Gasteiger partial charge in [-0.15, -0.1) is 0 Å². The molecule has 0 bridgehead atoms. The summed E-state index contributed by atoms with van der Waals surface area (Å²) in [7, 11) is 0.255. The number of aromatic nitrogens is 2. The third kappa shape index (κ3) is 2.70. The van der Waals surface area contributed by atoms with E-state index in [2.05, 4.69) is 27.8 Å². The van der Waals surface area contributed by atoms with Gasteiger partial charge in [0.1, 0.15) is 0 Å². The molecule has 5 nitrogen and oxygen atoms in total. The molecule has 0 aliphatic rings. The molecule has 0 unspecified atom stereocenters. The fraction of sp³-hybridized carbons (Fsp3) is 0.235. The number of aryl methyl sites for hydroxylation is 1. The average Bonchev–Trinajstić information content (AvgIpc) is 2.91. The van der Waals surface area contributed by atoms with Crippen molar-refractivity contribution >= 4 is 26.6 Å². The lowest BCUT2D eigenvalue weighted by molar-refractivity contribution is 0.595. The summed E-state index contributed by atoms with van der Waals surface area (Å²) < 4.78 is 27.5. The monoisotopic (exact) mass is 329 g/mol. The van der Waals surface area contributed by atoms with Crippen molar-refractivity contribution in [2.24, 2.45) is 7.05 Å². The predicted octanol–water partition coefficient (Wildman–Crippen LogP) is 3.03. The van der Waals surface area contributed by atoms with E-state index < -0.39 is 10.0 Å². The first-order valence-electron chi connectivity index (χ1n) is 7.40. The van der Waals surface area contributed by atoms with E-state index in [-0.39, 0.29) is 5.75 Å². The third-order valence-corrected chi connectivity index (χ3v) is 5.89. The fourth-order valence-electron chi connectivity index (χ4n) is 2.66. The number of rotatable bonds is 4. The molecule has 0 fully saturated rings. The molecule has 3 aromatic rings. The molecule has 0 aliphatic carbocycles. The van der Waals surface area contributed by atoms with Crippen molar-refractivity contribution in [3.63, 3.8) is 0 Å². The quantitative estimate of drug-likeness (QED) is 0.739. The second-order valence-corrected chi connectivity index (χ2v) is 7.74. The van der Waals surface area contributed by atoms with Crippen molar-refractivity contribution < 1.29 is 8.42 Å². The highest BCUT2D eigenvalue weighted by atomic mass is 32.2. The van der Waals surface area contributed by atoms with Crippen LogP contribution in [0.25, 0.3) is 22.2 Å². The zero-order chi connectivity index (χ0) is 16.6.